The van der Waals surface area contributed by atoms with Crippen molar-refractivity contribution >= 4 is 44.5 Å². The number of carbonyl (C=O) groups is 1. The molecule has 1 aromatic rings. The van der Waals surface area contributed by atoms with Gasteiger partial charge in [-0.25, -0.2) is 5.01 Å². The molecule has 0 radical (unpaired) electrons. The Morgan fingerprint density at radius 3 is 2.92 bits per heavy atom. The van der Waals surface area contributed by atoms with E-state index in [-0.39, 0.29) is 12.1 Å². The first kappa shape index (κ1) is 17.8. The van der Waals surface area contributed by atoms with E-state index in [0.29, 0.717) is 22.7 Å². The van der Waals surface area contributed by atoms with Crippen molar-refractivity contribution in [2.24, 2.45) is 21.9 Å². The van der Waals surface area contributed by atoms with Gasteiger partial charge in [0.1, 0.15) is 11.9 Å². The summed E-state index contributed by atoms with van der Waals surface area (Å²) in [6.45, 7) is 4.46. The van der Waals surface area contributed by atoms with Gasteiger partial charge < -0.3 is 0 Å². The lowest BCUT2D eigenvalue weighted by atomic mass is 9.79. The molecule has 26 heavy (non-hydrogen) atoms. The van der Waals surface area contributed by atoms with Crippen molar-refractivity contribution in [3.8, 4) is 0 Å². The van der Waals surface area contributed by atoms with Crippen molar-refractivity contribution in [1.82, 2.24) is 10.3 Å². The molecule has 3 aliphatic rings. The molecular weight excluding hydrogens is 412 g/mol. The minimum absolute atomic E-state index is 0.112. The molecule has 2 heterocycles. The summed E-state index contributed by atoms with van der Waals surface area (Å²) < 4.78 is 0.925. The monoisotopic (exact) mass is 432 g/mol. The normalized spacial score (nSPS) is 27.7. The zero-order valence-electron chi connectivity index (χ0n) is 15.0. The first-order chi connectivity index (χ1) is 12.5. The van der Waals surface area contributed by atoms with Crippen LogP contribution in [0.4, 0.5) is 0 Å². The summed E-state index contributed by atoms with van der Waals surface area (Å²) in [6.07, 6.45) is 6.09. The second-order valence-electron chi connectivity index (χ2n) is 7.09. The lowest BCUT2D eigenvalue weighted by Gasteiger charge is -2.40. The summed E-state index contributed by atoms with van der Waals surface area (Å²) in [5.41, 5.74) is 2.03. The van der Waals surface area contributed by atoms with E-state index in [1.807, 2.05) is 29.5 Å². The molecule has 0 aromatic heterocycles. The first-order valence-electron chi connectivity index (χ1n) is 8.74. The molecule has 1 amide bonds. The molecule has 0 spiro atoms. The number of amidine groups is 1. The topological polar surface area (TPSA) is 57.1 Å². The number of rotatable bonds is 1. The molecule has 3 atom stereocenters. The summed E-state index contributed by atoms with van der Waals surface area (Å²) in [5.74, 6) is 0.701. The van der Waals surface area contributed by atoms with E-state index < -0.39 is 0 Å². The fourth-order valence-corrected chi connectivity index (χ4v) is 4.70. The van der Waals surface area contributed by atoms with Gasteiger partial charge >= 0.3 is 0 Å². The van der Waals surface area contributed by atoms with Crippen molar-refractivity contribution in [2.75, 3.05) is 6.26 Å². The Kier molecular flexibility index (Phi) is 4.69. The van der Waals surface area contributed by atoms with Crippen LogP contribution in [0.1, 0.15) is 26.7 Å². The van der Waals surface area contributed by atoms with Gasteiger partial charge in [-0.2, -0.15) is 0 Å². The number of nitrogens with zero attached hydrogens (tertiary/aromatic N) is 3. The van der Waals surface area contributed by atoms with E-state index in [0.717, 1.165) is 27.9 Å². The lowest BCUT2D eigenvalue weighted by Crippen LogP contribution is -2.55. The molecule has 0 bridgehead atoms. The Bertz CT molecular complexity index is 955. The van der Waals surface area contributed by atoms with Crippen LogP contribution in [0.2, 0.25) is 0 Å². The molecule has 1 aliphatic carbocycles. The number of carbonyl (C=O) groups excluding carboxylic acids is 1. The van der Waals surface area contributed by atoms with Crippen LogP contribution >= 0.6 is 27.7 Å². The molecule has 0 fully saturated rings. The maximum atomic E-state index is 12.9. The molecule has 136 valence electrons. The van der Waals surface area contributed by atoms with Gasteiger partial charge in [-0.05, 0) is 50.1 Å². The molecule has 0 saturated heterocycles. The van der Waals surface area contributed by atoms with Crippen LogP contribution in [0.5, 0.6) is 0 Å². The predicted octanol–water partition coefficient (Wildman–Crippen LogP) is 2.57. The number of hydrazone groups is 1. The molecular formula is C19H21BrN4OS. The van der Waals surface area contributed by atoms with Crippen LogP contribution in [-0.4, -0.2) is 28.5 Å². The van der Waals surface area contributed by atoms with Crippen LogP contribution in [0, 0.1) is 11.8 Å². The third-order valence-electron chi connectivity index (χ3n) is 5.29. The minimum atomic E-state index is -0.161. The van der Waals surface area contributed by atoms with Crippen molar-refractivity contribution in [3.05, 3.63) is 44.9 Å². The Labute approximate surface area is 165 Å². The predicted molar refractivity (Wildman–Crippen MR) is 109 cm³/mol. The van der Waals surface area contributed by atoms with Crippen molar-refractivity contribution < 1.29 is 4.79 Å². The summed E-state index contributed by atoms with van der Waals surface area (Å²) in [6, 6.07) is 5.90. The first-order valence-corrected chi connectivity index (χ1v) is 10.8. The number of nitrogens with one attached hydrogen (secondary N) is 1. The van der Waals surface area contributed by atoms with Gasteiger partial charge in [0.15, 0.2) is 5.17 Å². The number of halogens is 1. The van der Waals surface area contributed by atoms with Gasteiger partial charge in [-0.1, -0.05) is 46.3 Å². The molecule has 0 unspecified atom stereocenters. The average Bonchev–Trinajstić information content (AvgIpc) is 2.61. The second-order valence-corrected chi connectivity index (χ2v) is 8.80. The lowest BCUT2D eigenvalue weighted by molar-refractivity contribution is -0.116. The Hall–Kier alpha value is -1.60. The van der Waals surface area contributed by atoms with E-state index in [1.165, 1.54) is 17.3 Å². The Balaban J connectivity index is 1.91. The molecule has 1 aromatic carbocycles. The highest BCUT2D eigenvalue weighted by molar-refractivity contribution is 9.10. The van der Waals surface area contributed by atoms with Crippen LogP contribution in [0.3, 0.4) is 0 Å². The third kappa shape index (κ3) is 3.01. The SMILES string of the molecule is CSC1=NN2C(=c3cc(Br)ccc3=N[C@@H]2[C@@H]2CC=C(C)C[C@@H]2C)C(=O)N1. The van der Waals surface area contributed by atoms with E-state index >= 15 is 0 Å². The summed E-state index contributed by atoms with van der Waals surface area (Å²) in [7, 11) is 0. The maximum Gasteiger partial charge on any atom is 0.276 e. The molecule has 1 N–H and O–H groups in total. The van der Waals surface area contributed by atoms with Crippen molar-refractivity contribution in [1.29, 1.82) is 0 Å². The number of hydrogen-bond donors (Lipinski definition) is 1. The highest BCUT2D eigenvalue weighted by atomic mass is 79.9. The maximum absolute atomic E-state index is 12.9. The van der Waals surface area contributed by atoms with E-state index in [9.17, 15) is 4.79 Å². The molecule has 2 aliphatic heterocycles. The average molecular weight is 433 g/mol. The van der Waals surface area contributed by atoms with Gasteiger partial charge in [0.2, 0.25) is 0 Å². The van der Waals surface area contributed by atoms with E-state index in [1.54, 1.807) is 0 Å². The minimum Gasteiger partial charge on any atom is -0.298 e. The van der Waals surface area contributed by atoms with Gasteiger partial charge in [0.25, 0.3) is 5.91 Å². The summed E-state index contributed by atoms with van der Waals surface area (Å²) >= 11 is 4.95. The van der Waals surface area contributed by atoms with Crippen LogP contribution < -0.4 is 15.9 Å². The van der Waals surface area contributed by atoms with E-state index in [2.05, 4.69) is 41.2 Å². The highest BCUT2D eigenvalue weighted by Gasteiger charge is 2.39. The largest absolute Gasteiger partial charge is 0.298 e. The van der Waals surface area contributed by atoms with Crippen LogP contribution in [0.25, 0.3) is 5.70 Å². The van der Waals surface area contributed by atoms with Crippen molar-refractivity contribution in [3.63, 3.8) is 0 Å². The number of amides is 1. The Morgan fingerprint density at radius 2 is 2.19 bits per heavy atom. The van der Waals surface area contributed by atoms with E-state index in [4.69, 9.17) is 10.1 Å². The second kappa shape index (κ2) is 6.85. The number of benzene rings is 1. The zero-order valence-corrected chi connectivity index (χ0v) is 17.4. The molecule has 5 nitrogen and oxygen atoms in total. The zero-order chi connectivity index (χ0) is 18.4. The number of fused-ring (bicyclic) bond motifs is 2. The fraction of sp³-hybridized carbons (Fsp3) is 0.421. The summed E-state index contributed by atoms with van der Waals surface area (Å²) in [4.78, 5) is 17.9. The fourth-order valence-electron chi connectivity index (χ4n) is 3.97. The van der Waals surface area contributed by atoms with Crippen LogP contribution in [0.15, 0.2) is 44.4 Å². The molecule has 7 heteroatoms. The summed E-state index contributed by atoms with van der Waals surface area (Å²) in [5, 5.41) is 11.8. The standard InChI is InChI=1S/C19H21BrN4OS/c1-10-4-6-13(11(2)8-10)17-21-15-7-5-12(20)9-14(15)16-18(25)22-19(26-3)23-24(16)17/h4-5,7,9,11,13,17H,6,8H2,1-3H3,(H,22,23,25)/t11-,13+,17-/m0/s1. The Morgan fingerprint density at radius 1 is 1.38 bits per heavy atom. The highest BCUT2D eigenvalue weighted by Crippen LogP contribution is 2.36. The van der Waals surface area contributed by atoms with Gasteiger partial charge in [0.05, 0.1) is 5.36 Å². The number of hydrogen-bond acceptors (Lipinski definition) is 5. The smallest absolute Gasteiger partial charge is 0.276 e. The van der Waals surface area contributed by atoms with Gasteiger partial charge in [0, 0.05) is 15.6 Å². The number of allylic oxidation sites excluding steroid dienone is 2. The quantitative estimate of drug-likeness (QED) is 0.693. The van der Waals surface area contributed by atoms with Gasteiger partial charge in [-0.15, -0.1) is 5.10 Å². The van der Waals surface area contributed by atoms with Crippen LogP contribution in [-0.2, 0) is 4.79 Å². The third-order valence-corrected chi connectivity index (χ3v) is 6.35. The molecule has 0 saturated carbocycles. The molecule has 4 rings (SSSR count). The van der Waals surface area contributed by atoms with Crippen molar-refractivity contribution in [2.45, 2.75) is 32.9 Å². The number of thioether (sulfide) groups is 1. The van der Waals surface area contributed by atoms with Gasteiger partial charge in [-0.3, -0.25) is 15.1 Å².